The molecule has 2 fully saturated rings. The van der Waals surface area contributed by atoms with Gasteiger partial charge in [0.1, 0.15) is 11.3 Å². The first kappa shape index (κ1) is 18.4. The van der Waals surface area contributed by atoms with Gasteiger partial charge in [0.15, 0.2) is 5.65 Å². The smallest absolute Gasteiger partial charge is 0.332 e. The Morgan fingerprint density at radius 3 is 2.71 bits per heavy atom. The lowest BCUT2D eigenvalue weighted by molar-refractivity contribution is 0.343. The number of nitrogens with zero attached hydrogens (tertiary/aromatic N) is 4. The number of pyridine rings is 2. The molecule has 158 valence electrons. The molecule has 4 aromatic rings. The van der Waals surface area contributed by atoms with Crippen LogP contribution in [0.2, 0.25) is 0 Å². The van der Waals surface area contributed by atoms with Crippen molar-refractivity contribution in [1.82, 2.24) is 24.8 Å². The standard InChI is InChI=1S/C23H24N6O2/c1-2-31-20-8-10-26-22-21(20)29(23(30)27-22)14-5-6-18-17(11-14)19(7-9-25-18)28-15-3-4-16(28)13-24-12-15/h5-11,15-16,24H,2-4,12-13H2,1H3,(H,26,27,30). The van der Waals surface area contributed by atoms with E-state index in [2.05, 4.69) is 37.3 Å². The number of hydrogen-bond donors (Lipinski definition) is 2. The molecule has 0 radical (unpaired) electrons. The van der Waals surface area contributed by atoms with Crippen LogP contribution in [0.1, 0.15) is 19.8 Å². The van der Waals surface area contributed by atoms with Crippen LogP contribution in [0.3, 0.4) is 0 Å². The molecule has 8 nitrogen and oxygen atoms in total. The second kappa shape index (κ2) is 7.09. The van der Waals surface area contributed by atoms with E-state index in [1.54, 1.807) is 16.8 Å². The molecule has 2 aliphatic rings. The molecule has 0 spiro atoms. The van der Waals surface area contributed by atoms with Crippen molar-refractivity contribution in [3.8, 4) is 11.4 Å². The summed E-state index contributed by atoms with van der Waals surface area (Å²) in [4.78, 5) is 27.2. The highest BCUT2D eigenvalue weighted by atomic mass is 16.5. The monoisotopic (exact) mass is 416 g/mol. The molecule has 2 unspecified atom stereocenters. The van der Waals surface area contributed by atoms with Crippen molar-refractivity contribution in [2.75, 3.05) is 24.6 Å². The van der Waals surface area contributed by atoms with Gasteiger partial charge in [-0.15, -0.1) is 0 Å². The number of H-pyrrole nitrogens is 1. The second-order valence-corrected chi connectivity index (χ2v) is 8.19. The summed E-state index contributed by atoms with van der Waals surface area (Å²) < 4.78 is 7.44. The quantitative estimate of drug-likeness (QED) is 0.532. The number of ether oxygens (including phenoxy) is 1. The van der Waals surface area contributed by atoms with E-state index in [0.29, 0.717) is 35.6 Å². The van der Waals surface area contributed by atoms with Gasteiger partial charge in [-0.25, -0.2) is 9.78 Å². The van der Waals surface area contributed by atoms with Gasteiger partial charge < -0.3 is 15.0 Å². The van der Waals surface area contributed by atoms with Crippen LogP contribution in [0, 0.1) is 0 Å². The van der Waals surface area contributed by atoms with Crippen LogP contribution in [0.5, 0.6) is 5.75 Å². The number of aromatic amines is 1. The molecule has 2 bridgehead atoms. The lowest BCUT2D eigenvalue weighted by Crippen LogP contribution is -2.52. The molecule has 5 heterocycles. The van der Waals surface area contributed by atoms with Crippen LogP contribution in [0.15, 0.2) is 47.5 Å². The summed E-state index contributed by atoms with van der Waals surface area (Å²) in [5, 5.41) is 4.60. The highest BCUT2D eigenvalue weighted by Gasteiger charge is 2.37. The van der Waals surface area contributed by atoms with Gasteiger partial charge in [-0.1, -0.05) is 0 Å². The maximum absolute atomic E-state index is 12.9. The van der Waals surface area contributed by atoms with Crippen LogP contribution in [-0.2, 0) is 0 Å². The number of piperazine rings is 1. The van der Waals surface area contributed by atoms with E-state index in [1.807, 2.05) is 25.3 Å². The van der Waals surface area contributed by atoms with Crippen molar-refractivity contribution in [2.45, 2.75) is 31.8 Å². The molecule has 1 aromatic carbocycles. The van der Waals surface area contributed by atoms with E-state index >= 15 is 0 Å². The predicted octanol–water partition coefficient (Wildman–Crippen LogP) is 2.60. The fraction of sp³-hybridized carbons (Fsp3) is 0.348. The zero-order valence-corrected chi connectivity index (χ0v) is 17.3. The fourth-order valence-corrected chi connectivity index (χ4v) is 5.18. The molecular formula is C23H24N6O2. The minimum atomic E-state index is -0.235. The SMILES string of the molecule is CCOc1ccnc2[nH]c(=O)n(-c3ccc4nccc(N5C6CCC5CNC6)c4c3)c12. The van der Waals surface area contributed by atoms with Crippen LogP contribution < -0.4 is 20.6 Å². The van der Waals surface area contributed by atoms with Gasteiger partial charge >= 0.3 is 5.69 Å². The molecular weight excluding hydrogens is 392 g/mol. The minimum absolute atomic E-state index is 0.235. The summed E-state index contributed by atoms with van der Waals surface area (Å²) in [6.07, 6.45) is 5.93. The van der Waals surface area contributed by atoms with Gasteiger partial charge in [0.2, 0.25) is 0 Å². The largest absolute Gasteiger partial charge is 0.491 e. The van der Waals surface area contributed by atoms with E-state index in [0.717, 1.165) is 29.7 Å². The first-order valence-electron chi connectivity index (χ1n) is 10.9. The summed E-state index contributed by atoms with van der Waals surface area (Å²) >= 11 is 0. The Bertz CT molecular complexity index is 1330. The normalized spacial score (nSPS) is 20.6. The Hall–Kier alpha value is -3.39. The van der Waals surface area contributed by atoms with Crippen molar-refractivity contribution < 1.29 is 4.74 Å². The Kier molecular flexibility index (Phi) is 4.21. The van der Waals surface area contributed by atoms with Crippen molar-refractivity contribution >= 4 is 27.8 Å². The first-order valence-corrected chi connectivity index (χ1v) is 10.9. The van der Waals surface area contributed by atoms with Crippen molar-refractivity contribution in [1.29, 1.82) is 0 Å². The van der Waals surface area contributed by atoms with Crippen molar-refractivity contribution in [3.05, 3.63) is 53.2 Å². The molecule has 2 aliphatic heterocycles. The number of hydrogen-bond acceptors (Lipinski definition) is 6. The maximum atomic E-state index is 12.9. The van der Waals surface area contributed by atoms with E-state index in [-0.39, 0.29) is 5.69 Å². The van der Waals surface area contributed by atoms with E-state index < -0.39 is 0 Å². The second-order valence-electron chi connectivity index (χ2n) is 8.19. The number of anilines is 1. The Labute approximate surface area is 178 Å². The predicted molar refractivity (Wildman–Crippen MR) is 120 cm³/mol. The molecule has 0 aliphatic carbocycles. The molecule has 3 aromatic heterocycles. The number of nitrogens with one attached hydrogen (secondary N) is 2. The lowest BCUT2D eigenvalue weighted by Gasteiger charge is -2.37. The molecule has 31 heavy (non-hydrogen) atoms. The van der Waals surface area contributed by atoms with Gasteiger partial charge in [-0.05, 0) is 44.0 Å². The molecule has 8 heteroatoms. The molecule has 2 atom stereocenters. The highest BCUT2D eigenvalue weighted by Crippen LogP contribution is 2.37. The third-order valence-corrected chi connectivity index (χ3v) is 6.46. The Balaban J connectivity index is 1.56. The summed E-state index contributed by atoms with van der Waals surface area (Å²) in [5.41, 5.74) is 3.83. The molecule has 2 saturated heterocycles. The number of rotatable bonds is 4. The zero-order valence-electron chi connectivity index (χ0n) is 17.3. The van der Waals surface area contributed by atoms with E-state index in [1.165, 1.54) is 18.5 Å². The van der Waals surface area contributed by atoms with Gasteiger partial charge in [-0.3, -0.25) is 14.5 Å². The van der Waals surface area contributed by atoms with Crippen LogP contribution in [0.4, 0.5) is 5.69 Å². The van der Waals surface area contributed by atoms with Crippen LogP contribution in [-0.4, -0.2) is 51.3 Å². The van der Waals surface area contributed by atoms with E-state index in [4.69, 9.17) is 4.74 Å². The third-order valence-electron chi connectivity index (χ3n) is 6.46. The summed E-state index contributed by atoms with van der Waals surface area (Å²) in [7, 11) is 0. The molecule has 2 N–H and O–H groups in total. The highest BCUT2D eigenvalue weighted by molar-refractivity contribution is 5.94. The Morgan fingerprint density at radius 2 is 1.90 bits per heavy atom. The van der Waals surface area contributed by atoms with Gasteiger partial charge in [-0.2, -0.15) is 0 Å². The first-order chi connectivity index (χ1) is 15.2. The summed E-state index contributed by atoms with van der Waals surface area (Å²) in [6, 6.07) is 10.9. The third kappa shape index (κ3) is 2.82. The Morgan fingerprint density at radius 1 is 1.10 bits per heavy atom. The lowest BCUT2D eigenvalue weighted by atomic mass is 10.1. The molecule has 6 rings (SSSR count). The minimum Gasteiger partial charge on any atom is -0.491 e. The topological polar surface area (TPSA) is 88.1 Å². The summed E-state index contributed by atoms with van der Waals surface area (Å²) in [5.74, 6) is 0.637. The van der Waals surface area contributed by atoms with Gasteiger partial charge in [0, 0.05) is 54.7 Å². The van der Waals surface area contributed by atoms with E-state index in [9.17, 15) is 4.79 Å². The van der Waals surface area contributed by atoms with Crippen molar-refractivity contribution in [3.63, 3.8) is 0 Å². The van der Waals surface area contributed by atoms with Gasteiger partial charge in [0.05, 0.1) is 17.8 Å². The number of fused-ring (bicyclic) bond motifs is 4. The molecule has 0 amide bonds. The average molecular weight is 416 g/mol. The fourth-order valence-electron chi connectivity index (χ4n) is 5.18. The number of aromatic nitrogens is 4. The number of benzene rings is 1. The molecule has 0 saturated carbocycles. The number of imidazole rings is 1. The zero-order chi connectivity index (χ0) is 20.9. The van der Waals surface area contributed by atoms with Crippen LogP contribution >= 0.6 is 0 Å². The van der Waals surface area contributed by atoms with Crippen LogP contribution in [0.25, 0.3) is 27.8 Å². The summed E-state index contributed by atoms with van der Waals surface area (Å²) in [6.45, 7) is 4.45. The van der Waals surface area contributed by atoms with Crippen molar-refractivity contribution in [2.24, 2.45) is 0 Å². The maximum Gasteiger partial charge on any atom is 0.332 e. The van der Waals surface area contributed by atoms with Gasteiger partial charge in [0.25, 0.3) is 0 Å². The average Bonchev–Trinajstić information content (AvgIpc) is 3.25.